The number of nitrogens with one attached hydrogen (secondary N) is 2. The van der Waals surface area contributed by atoms with Crippen molar-refractivity contribution in [3.05, 3.63) is 41.8 Å². The van der Waals surface area contributed by atoms with E-state index in [1.165, 1.54) is 6.20 Å². The molecule has 0 atom stereocenters. The molecule has 0 aliphatic heterocycles. The molecule has 5 nitrogen and oxygen atoms in total. The predicted molar refractivity (Wildman–Crippen MR) is 81.1 cm³/mol. The lowest BCUT2D eigenvalue weighted by molar-refractivity contribution is 0.414. The van der Waals surface area contributed by atoms with Crippen molar-refractivity contribution in [3.8, 4) is 5.75 Å². The third-order valence-electron chi connectivity index (χ3n) is 2.90. The number of halogens is 1. The molecule has 2 N–H and O–H groups in total. The Labute approximate surface area is 123 Å². The number of hydrogen-bond acceptors (Lipinski definition) is 5. The monoisotopic (exact) mass is 290 g/mol. The van der Waals surface area contributed by atoms with E-state index in [2.05, 4.69) is 20.6 Å². The second kappa shape index (κ2) is 7.42. The summed E-state index contributed by atoms with van der Waals surface area (Å²) in [4.78, 5) is 8.03. The van der Waals surface area contributed by atoms with E-state index in [4.69, 9.17) is 4.74 Å². The van der Waals surface area contributed by atoms with Gasteiger partial charge in [-0.2, -0.15) is 4.98 Å². The zero-order valence-corrected chi connectivity index (χ0v) is 12.2. The first-order valence-corrected chi connectivity index (χ1v) is 6.86. The van der Waals surface area contributed by atoms with Crippen molar-refractivity contribution in [1.82, 2.24) is 9.97 Å². The van der Waals surface area contributed by atoms with Gasteiger partial charge < -0.3 is 15.4 Å². The molecule has 0 fully saturated rings. The fourth-order valence-corrected chi connectivity index (χ4v) is 1.74. The molecule has 1 heterocycles. The maximum absolute atomic E-state index is 13.7. The Balaban J connectivity index is 2.00. The molecule has 2 aromatic rings. The van der Waals surface area contributed by atoms with Crippen molar-refractivity contribution in [2.24, 2.45) is 0 Å². The molecule has 6 heteroatoms. The van der Waals surface area contributed by atoms with Crippen molar-refractivity contribution >= 4 is 11.8 Å². The summed E-state index contributed by atoms with van der Waals surface area (Å²) in [5.74, 6) is 0.943. The average Bonchev–Trinajstić information content (AvgIpc) is 2.53. The number of hydrogen-bond donors (Lipinski definition) is 2. The van der Waals surface area contributed by atoms with Crippen LogP contribution in [0.5, 0.6) is 5.75 Å². The largest absolute Gasteiger partial charge is 0.497 e. The van der Waals surface area contributed by atoms with Crippen LogP contribution in [-0.2, 0) is 6.54 Å². The molecule has 0 unspecified atom stereocenters. The molecule has 21 heavy (non-hydrogen) atoms. The van der Waals surface area contributed by atoms with Crippen molar-refractivity contribution in [1.29, 1.82) is 0 Å². The van der Waals surface area contributed by atoms with Gasteiger partial charge >= 0.3 is 0 Å². The lowest BCUT2D eigenvalue weighted by Crippen LogP contribution is -2.09. The smallest absolute Gasteiger partial charge is 0.224 e. The topological polar surface area (TPSA) is 59.1 Å². The molecule has 0 saturated heterocycles. The fourth-order valence-electron chi connectivity index (χ4n) is 1.74. The molecule has 112 valence electrons. The highest BCUT2D eigenvalue weighted by Gasteiger charge is 2.06. The molecule has 1 aromatic carbocycles. The Bertz CT molecular complexity index is 574. The van der Waals surface area contributed by atoms with Gasteiger partial charge in [-0.1, -0.05) is 19.1 Å². The number of anilines is 2. The zero-order chi connectivity index (χ0) is 15.1. The van der Waals surface area contributed by atoms with E-state index in [1.54, 1.807) is 7.11 Å². The minimum atomic E-state index is -0.467. The Kier molecular flexibility index (Phi) is 5.31. The van der Waals surface area contributed by atoms with Crippen LogP contribution in [0.2, 0.25) is 0 Å². The van der Waals surface area contributed by atoms with Crippen molar-refractivity contribution in [2.75, 3.05) is 24.3 Å². The quantitative estimate of drug-likeness (QED) is 0.820. The molecule has 0 saturated carbocycles. The molecular weight excluding hydrogens is 271 g/mol. The Morgan fingerprint density at radius 2 is 1.95 bits per heavy atom. The molecule has 2 rings (SSSR count). The average molecular weight is 290 g/mol. The lowest BCUT2D eigenvalue weighted by atomic mass is 10.2. The maximum atomic E-state index is 13.7. The number of methoxy groups -OCH3 is 1. The fraction of sp³-hybridized carbons (Fsp3) is 0.333. The second-order valence-electron chi connectivity index (χ2n) is 4.52. The lowest BCUT2D eigenvalue weighted by Gasteiger charge is -2.09. The minimum absolute atomic E-state index is 0.194. The standard InChI is InChI=1S/C15H19FN4O/c1-3-8-17-15-19-10-13(16)14(20-15)18-9-11-4-6-12(21-2)7-5-11/h4-7,10H,3,8-9H2,1-2H3,(H2,17,18,19,20). The van der Waals surface area contributed by atoms with Crippen molar-refractivity contribution < 1.29 is 9.13 Å². The van der Waals surface area contributed by atoms with Gasteiger partial charge in [-0.05, 0) is 24.1 Å². The summed E-state index contributed by atoms with van der Waals surface area (Å²) in [7, 11) is 1.62. The molecular formula is C15H19FN4O. The summed E-state index contributed by atoms with van der Waals surface area (Å²) in [6.45, 7) is 3.27. The molecule has 0 radical (unpaired) electrons. The van der Waals surface area contributed by atoms with Gasteiger partial charge in [0, 0.05) is 13.1 Å². The van der Waals surface area contributed by atoms with Crippen LogP contribution in [0.25, 0.3) is 0 Å². The summed E-state index contributed by atoms with van der Waals surface area (Å²) in [6, 6.07) is 7.56. The highest BCUT2D eigenvalue weighted by atomic mass is 19.1. The Morgan fingerprint density at radius 1 is 1.19 bits per heavy atom. The molecule has 0 bridgehead atoms. The van der Waals surface area contributed by atoms with Crippen LogP contribution in [0.1, 0.15) is 18.9 Å². The van der Waals surface area contributed by atoms with E-state index in [0.29, 0.717) is 12.5 Å². The van der Waals surface area contributed by atoms with Gasteiger partial charge in [0.15, 0.2) is 11.6 Å². The normalized spacial score (nSPS) is 10.2. The van der Waals surface area contributed by atoms with Crippen LogP contribution in [0, 0.1) is 5.82 Å². The molecule has 0 amide bonds. The Hall–Kier alpha value is -2.37. The number of benzene rings is 1. The second-order valence-corrected chi connectivity index (χ2v) is 4.52. The molecule has 0 spiro atoms. The number of rotatable bonds is 7. The number of nitrogens with zero attached hydrogens (tertiary/aromatic N) is 2. The van der Waals surface area contributed by atoms with Gasteiger partial charge in [0.2, 0.25) is 5.95 Å². The van der Waals surface area contributed by atoms with E-state index in [0.717, 1.165) is 24.3 Å². The summed E-state index contributed by atoms with van der Waals surface area (Å²) in [5, 5.41) is 6.01. The van der Waals surface area contributed by atoms with Crippen LogP contribution in [0.4, 0.5) is 16.2 Å². The number of ether oxygens (including phenoxy) is 1. The van der Waals surface area contributed by atoms with Crippen LogP contribution in [-0.4, -0.2) is 23.6 Å². The summed E-state index contributed by atoms with van der Waals surface area (Å²) in [6.07, 6.45) is 2.12. The maximum Gasteiger partial charge on any atom is 0.224 e. The minimum Gasteiger partial charge on any atom is -0.497 e. The highest BCUT2D eigenvalue weighted by Crippen LogP contribution is 2.15. The van der Waals surface area contributed by atoms with E-state index in [-0.39, 0.29) is 5.82 Å². The van der Waals surface area contributed by atoms with E-state index >= 15 is 0 Å². The van der Waals surface area contributed by atoms with Crippen LogP contribution >= 0.6 is 0 Å². The van der Waals surface area contributed by atoms with Gasteiger partial charge in [0.25, 0.3) is 0 Å². The summed E-state index contributed by atoms with van der Waals surface area (Å²) in [5.41, 5.74) is 1.01. The van der Waals surface area contributed by atoms with Gasteiger partial charge in [0.1, 0.15) is 5.75 Å². The predicted octanol–water partition coefficient (Wildman–Crippen LogP) is 3.06. The van der Waals surface area contributed by atoms with E-state index in [1.807, 2.05) is 31.2 Å². The Morgan fingerprint density at radius 3 is 2.62 bits per heavy atom. The molecule has 0 aliphatic rings. The first kappa shape index (κ1) is 15.0. The first-order valence-electron chi connectivity index (χ1n) is 6.86. The van der Waals surface area contributed by atoms with Crippen LogP contribution < -0.4 is 15.4 Å². The third-order valence-corrected chi connectivity index (χ3v) is 2.90. The number of aromatic nitrogens is 2. The first-order chi connectivity index (χ1) is 10.2. The van der Waals surface area contributed by atoms with E-state index in [9.17, 15) is 4.39 Å². The highest BCUT2D eigenvalue weighted by molar-refractivity contribution is 5.42. The van der Waals surface area contributed by atoms with Crippen molar-refractivity contribution in [2.45, 2.75) is 19.9 Å². The zero-order valence-electron chi connectivity index (χ0n) is 12.2. The van der Waals surface area contributed by atoms with Crippen molar-refractivity contribution in [3.63, 3.8) is 0 Å². The van der Waals surface area contributed by atoms with Gasteiger partial charge in [-0.3, -0.25) is 0 Å². The SMILES string of the molecule is CCCNc1ncc(F)c(NCc2ccc(OC)cc2)n1. The molecule has 1 aromatic heterocycles. The van der Waals surface area contributed by atoms with Crippen LogP contribution in [0.3, 0.4) is 0 Å². The van der Waals surface area contributed by atoms with Crippen LogP contribution in [0.15, 0.2) is 30.5 Å². The third kappa shape index (κ3) is 4.30. The summed E-state index contributed by atoms with van der Waals surface area (Å²) >= 11 is 0. The van der Waals surface area contributed by atoms with Gasteiger partial charge in [-0.25, -0.2) is 9.37 Å². The van der Waals surface area contributed by atoms with E-state index < -0.39 is 5.82 Å². The van der Waals surface area contributed by atoms with Gasteiger partial charge in [0.05, 0.1) is 13.3 Å². The summed E-state index contributed by atoms with van der Waals surface area (Å²) < 4.78 is 18.8. The molecule has 0 aliphatic carbocycles. The van der Waals surface area contributed by atoms with Gasteiger partial charge in [-0.15, -0.1) is 0 Å².